The van der Waals surface area contributed by atoms with Gasteiger partial charge in [-0.3, -0.25) is 0 Å². The molecule has 0 radical (unpaired) electrons. The number of benzene rings is 2. The predicted octanol–water partition coefficient (Wildman–Crippen LogP) is 3.26. The Kier molecular flexibility index (Phi) is 4.57. The first-order valence-electron chi connectivity index (χ1n) is 8.40. The number of rotatable bonds is 6. The van der Waals surface area contributed by atoms with Crippen LogP contribution >= 0.6 is 0 Å². The van der Waals surface area contributed by atoms with E-state index in [4.69, 9.17) is 4.42 Å². The lowest BCUT2D eigenvalue weighted by Crippen LogP contribution is -2.15. The third kappa shape index (κ3) is 3.41. The highest BCUT2D eigenvalue weighted by Gasteiger charge is 2.22. The van der Waals surface area contributed by atoms with Crippen molar-refractivity contribution in [2.24, 2.45) is 0 Å². The predicted molar refractivity (Wildman–Crippen MR) is 96.2 cm³/mol. The number of hydrogen-bond donors (Lipinski definition) is 1. The highest BCUT2D eigenvalue weighted by molar-refractivity contribution is 5.57. The van der Waals surface area contributed by atoms with E-state index in [1.54, 1.807) is 4.68 Å². The molecule has 2 aromatic carbocycles. The molecular formula is C20H18N4O2. The Morgan fingerprint density at radius 3 is 2.42 bits per heavy atom. The van der Waals surface area contributed by atoms with Crippen LogP contribution in [-0.4, -0.2) is 25.1 Å². The zero-order chi connectivity index (χ0) is 17.8. The van der Waals surface area contributed by atoms with Gasteiger partial charge in [0.05, 0.1) is 12.8 Å². The molecule has 0 amide bonds. The molecular weight excluding hydrogens is 328 g/mol. The fourth-order valence-corrected chi connectivity index (χ4v) is 2.85. The molecule has 4 aromatic rings. The molecule has 0 saturated heterocycles. The first kappa shape index (κ1) is 16.2. The van der Waals surface area contributed by atoms with Crippen LogP contribution in [-0.2, 0) is 13.0 Å². The van der Waals surface area contributed by atoms with Gasteiger partial charge in [0.25, 0.3) is 0 Å². The van der Waals surface area contributed by atoms with Crippen LogP contribution in [0.4, 0.5) is 0 Å². The molecule has 0 spiro atoms. The molecule has 2 aromatic heterocycles. The minimum atomic E-state index is -0.248. The van der Waals surface area contributed by atoms with Crippen LogP contribution in [0.15, 0.2) is 77.5 Å². The van der Waals surface area contributed by atoms with Crippen molar-refractivity contribution in [2.75, 3.05) is 0 Å². The maximum atomic E-state index is 9.29. The molecule has 1 atom stereocenters. The average Bonchev–Trinajstić information content (AvgIpc) is 3.37. The SMILES string of the molecule is OCc1coc([C@H](Cc2ccccc2)n2cc(-c3ccccc3)nn2)n1. The van der Waals surface area contributed by atoms with E-state index in [0.717, 1.165) is 16.8 Å². The van der Waals surface area contributed by atoms with E-state index < -0.39 is 0 Å². The molecule has 0 unspecified atom stereocenters. The molecule has 0 bridgehead atoms. The summed E-state index contributed by atoms with van der Waals surface area (Å²) in [7, 11) is 0. The summed E-state index contributed by atoms with van der Waals surface area (Å²) in [5, 5.41) is 17.9. The van der Waals surface area contributed by atoms with Gasteiger partial charge in [-0.15, -0.1) is 5.10 Å². The summed E-state index contributed by atoms with van der Waals surface area (Å²) >= 11 is 0. The Balaban J connectivity index is 1.69. The summed E-state index contributed by atoms with van der Waals surface area (Å²) in [6.45, 7) is -0.159. The fourth-order valence-electron chi connectivity index (χ4n) is 2.85. The second-order valence-corrected chi connectivity index (χ2v) is 5.99. The second kappa shape index (κ2) is 7.33. The summed E-state index contributed by atoms with van der Waals surface area (Å²) in [4.78, 5) is 4.38. The Morgan fingerprint density at radius 1 is 1.00 bits per heavy atom. The van der Waals surface area contributed by atoms with Crippen molar-refractivity contribution in [2.45, 2.75) is 19.1 Å². The van der Waals surface area contributed by atoms with E-state index >= 15 is 0 Å². The van der Waals surface area contributed by atoms with Gasteiger partial charge < -0.3 is 9.52 Å². The lowest BCUT2D eigenvalue weighted by atomic mass is 10.1. The lowest BCUT2D eigenvalue weighted by Gasteiger charge is -2.13. The summed E-state index contributed by atoms with van der Waals surface area (Å²) < 4.78 is 7.37. The van der Waals surface area contributed by atoms with Gasteiger partial charge in [0.1, 0.15) is 23.7 Å². The molecule has 4 rings (SSSR count). The van der Waals surface area contributed by atoms with Crippen molar-refractivity contribution in [3.8, 4) is 11.3 Å². The Labute approximate surface area is 150 Å². The first-order valence-corrected chi connectivity index (χ1v) is 8.40. The zero-order valence-corrected chi connectivity index (χ0v) is 14.1. The van der Waals surface area contributed by atoms with Crippen molar-refractivity contribution < 1.29 is 9.52 Å². The number of nitrogens with zero attached hydrogens (tertiary/aromatic N) is 4. The second-order valence-electron chi connectivity index (χ2n) is 5.99. The van der Waals surface area contributed by atoms with Crippen molar-refractivity contribution in [3.05, 3.63) is 90.3 Å². The van der Waals surface area contributed by atoms with Crippen molar-refractivity contribution in [1.82, 2.24) is 20.0 Å². The van der Waals surface area contributed by atoms with Gasteiger partial charge in [0.15, 0.2) is 0 Å². The van der Waals surface area contributed by atoms with Gasteiger partial charge >= 0.3 is 0 Å². The first-order chi connectivity index (χ1) is 12.8. The van der Waals surface area contributed by atoms with Gasteiger partial charge in [0, 0.05) is 12.0 Å². The fraction of sp³-hybridized carbons (Fsp3) is 0.150. The average molecular weight is 346 g/mol. The maximum absolute atomic E-state index is 9.29. The summed E-state index contributed by atoms with van der Waals surface area (Å²) in [6, 6.07) is 19.7. The molecule has 6 nitrogen and oxygen atoms in total. The molecule has 0 aliphatic heterocycles. The Hall–Kier alpha value is -3.25. The molecule has 6 heteroatoms. The van der Waals surface area contributed by atoms with Crippen molar-refractivity contribution >= 4 is 0 Å². The maximum Gasteiger partial charge on any atom is 0.219 e. The standard InChI is InChI=1S/C20H18N4O2/c25-13-17-14-26-20(21-17)19(11-15-7-3-1-4-8-15)24-12-18(22-23-24)16-9-5-2-6-10-16/h1-10,12,14,19,25H,11,13H2/t19-/m0/s1. The molecule has 0 saturated carbocycles. The van der Waals surface area contributed by atoms with E-state index in [-0.39, 0.29) is 12.6 Å². The van der Waals surface area contributed by atoms with Crippen LogP contribution in [0.5, 0.6) is 0 Å². The van der Waals surface area contributed by atoms with Crippen LogP contribution in [0, 0.1) is 0 Å². The number of hydrogen-bond acceptors (Lipinski definition) is 5. The van der Waals surface area contributed by atoms with E-state index in [1.807, 2.05) is 54.7 Å². The highest BCUT2D eigenvalue weighted by atomic mass is 16.3. The molecule has 1 N–H and O–H groups in total. The number of aromatic nitrogens is 4. The lowest BCUT2D eigenvalue weighted by molar-refractivity contribution is 0.276. The molecule has 0 aliphatic rings. The third-order valence-electron chi connectivity index (χ3n) is 4.19. The highest BCUT2D eigenvalue weighted by Crippen LogP contribution is 2.24. The smallest absolute Gasteiger partial charge is 0.219 e. The van der Waals surface area contributed by atoms with E-state index in [1.165, 1.54) is 6.26 Å². The van der Waals surface area contributed by atoms with Gasteiger partial charge in [-0.05, 0) is 5.56 Å². The van der Waals surface area contributed by atoms with Gasteiger partial charge in [-0.25, -0.2) is 9.67 Å². The normalized spacial score (nSPS) is 12.2. The Bertz CT molecular complexity index is 964. The largest absolute Gasteiger partial charge is 0.446 e. The van der Waals surface area contributed by atoms with Crippen LogP contribution < -0.4 is 0 Å². The number of aliphatic hydroxyl groups excluding tert-OH is 1. The molecule has 2 heterocycles. The van der Waals surface area contributed by atoms with Crippen LogP contribution in [0.25, 0.3) is 11.3 Å². The van der Waals surface area contributed by atoms with Gasteiger partial charge in [-0.1, -0.05) is 65.9 Å². The summed E-state index contributed by atoms with van der Waals surface area (Å²) in [5.74, 6) is 0.502. The minimum absolute atomic E-state index is 0.159. The van der Waals surface area contributed by atoms with Gasteiger partial charge in [0.2, 0.25) is 5.89 Å². The quantitative estimate of drug-likeness (QED) is 0.580. The molecule has 0 aliphatic carbocycles. The molecule has 0 fully saturated rings. The third-order valence-corrected chi connectivity index (χ3v) is 4.19. The summed E-state index contributed by atoms with van der Waals surface area (Å²) in [6.07, 6.45) is 4.03. The van der Waals surface area contributed by atoms with Crippen molar-refractivity contribution in [3.63, 3.8) is 0 Å². The van der Waals surface area contributed by atoms with E-state index in [0.29, 0.717) is 18.0 Å². The zero-order valence-electron chi connectivity index (χ0n) is 14.1. The van der Waals surface area contributed by atoms with E-state index in [9.17, 15) is 5.11 Å². The Morgan fingerprint density at radius 2 is 1.73 bits per heavy atom. The number of aliphatic hydroxyl groups is 1. The molecule has 130 valence electrons. The van der Waals surface area contributed by atoms with Crippen molar-refractivity contribution in [1.29, 1.82) is 0 Å². The van der Waals surface area contributed by atoms with Gasteiger partial charge in [-0.2, -0.15) is 0 Å². The summed E-state index contributed by atoms with van der Waals surface area (Å²) in [5.41, 5.74) is 3.43. The van der Waals surface area contributed by atoms with Crippen LogP contribution in [0.1, 0.15) is 23.2 Å². The number of oxazole rings is 1. The van der Waals surface area contributed by atoms with E-state index in [2.05, 4.69) is 27.4 Å². The van der Waals surface area contributed by atoms with Crippen LogP contribution in [0.3, 0.4) is 0 Å². The van der Waals surface area contributed by atoms with Crippen LogP contribution in [0.2, 0.25) is 0 Å². The minimum Gasteiger partial charge on any atom is -0.446 e. The monoisotopic (exact) mass is 346 g/mol. The molecule has 26 heavy (non-hydrogen) atoms. The topological polar surface area (TPSA) is 77.0 Å².